The van der Waals surface area contributed by atoms with Crippen LogP contribution in [0.3, 0.4) is 0 Å². The molecule has 166 valence electrons. The molecule has 0 fully saturated rings. The summed E-state index contributed by atoms with van der Waals surface area (Å²) in [6, 6.07) is 20.3. The Bertz CT molecular complexity index is 1170. The first kappa shape index (κ1) is 23.3. The summed E-state index contributed by atoms with van der Waals surface area (Å²) >= 11 is 0. The summed E-state index contributed by atoms with van der Waals surface area (Å²) in [5, 5.41) is 0. The largest absolute Gasteiger partial charge is 0.489 e. The lowest BCUT2D eigenvalue weighted by atomic mass is 9.99. The van der Waals surface area contributed by atoms with Crippen molar-refractivity contribution in [2.75, 3.05) is 6.61 Å². The van der Waals surface area contributed by atoms with Crippen LogP contribution in [0, 0.1) is 0 Å². The third kappa shape index (κ3) is 6.31. The molecule has 0 atom stereocenters. The number of allylic oxidation sites excluding steroid dienone is 1. The zero-order chi connectivity index (χ0) is 23.6. The topological polar surface area (TPSA) is 61.8 Å². The Morgan fingerprint density at radius 3 is 1.79 bits per heavy atom. The highest BCUT2D eigenvalue weighted by Gasteiger charge is 2.11. The maximum Gasteiger partial charge on any atom is 0.335 e. The minimum absolute atomic E-state index is 0.429. The lowest BCUT2D eigenvalue weighted by Gasteiger charge is -2.14. The second-order valence-electron chi connectivity index (χ2n) is 6.89. The van der Waals surface area contributed by atoms with Crippen molar-refractivity contribution in [3.05, 3.63) is 104 Å². The van der Waals surface area contributed by atoms with Gasteiger partial charge in [-0.25, -0.2) is 9.59 Å². The van der Waals surface area contributed by atoms with E-state index in [2.05, 4.69) is 13.2 Å². The van der Waals surface area contributed by atoms with Crippen molar-refractivity contribution < 1.29 is 23.8 Å². The SMILES string of the molecule is C=CC(=O)Oc1ccc(-c2ccc(-c3ccc(OC(=O)C=C)cc3)c(OC/C=C/C)c2)cc1. The highest BCUT2D eigenvalue weighted by atomic mass is 16.5. The molecule has 0 spiro atoms. The van der Waals surface area contributed by atoms with Crippen LogP contribution in [0.4, 0.5) is 0 Å². The van der Waals surface area contributed by atoms with Gasteiger partial charge in [-0.2, -0.15) is 0 Å². The van der Waals surface area contributed by atoms with E-state index in [0.717, 1.165) is 34.4 Å². The predicted molar refractivity (Wildman–Crippen MR) is 129 cm³/mol. The molecule has 0 heterocycles. The van der Waals surface area contributed by atoms with E-state index in [4.69, 9.17) is 14.2 Å². The minimum atomic E-state index is -0.507. The first-order chi connectivity index (χ1) is 16.0. The summed E-state index contributed by atoms with van der Waals surface area (Å²) in [4.78, 5) is 22.8. The molecule has 3 aromatic carbocycles. The molecule has 0 N–H and O–H groups in total. The molecular weight excluding hydrogens is 416 g/mol. The van der Waals surface area contributed by atoms with Crippen LogP contribution >= 0.6 is 0 Å². The molecule has 5 heteroatoms. The number of carbonyl (C=O) groups excluding carboxylic acids is 2. The molecule has 0 aliphatic rings. The molecule has 5 nitrogen and oxygen atoms in total. The van der Waals surface area contributed by atoms with E-state index in [1.165, 1.54) is 0 Å². The van der Waals surface area contributed by atoms with Crippen molar-refractivity contribution in [3.8, 4) is 39.5 Å². The summed E-state index contributed by atoms with van der Waals surface area (Å²) in [6.07, 6.45) is 6.10. The monoisotopic (exact) mass is 440 g/mol. The number of rotatable bonds is 9. The Morgan fingerprint density at radius 1 is 0.758 bits per heavy atom. The third-order valence-corrected chi connectivity index (χ3v) is 4.68. The van der Waals surface area contributed by atoms with Gasteiger partial charge in [-0.15, -0.1) is 0 Å². The van der Waals surface area contributed by atoms with Crippen molar-refractivity contribution in [2.45, 2.75) is 6.92 Å². The number of benzene rings is 3. The van der Waals surface area contributed by atoms with Crippen LogP contribution in [0.2, 0.25) is 0 Å². The Labute approximate surface area is 193 Å². The molecule has 0 unspecified atom stereocenters. The number of hydrogen-bond donors (Lipinski definition) is 0. The standard InChI is InChI=1S/C28H24O5/c1-4-7-18-31-26-19-22(20-8-13-23(14-9-20)32-27(29)5-2)12-17-25(26)21-10-15-24(16-11-21)33-28(30)6-3/h4-17,19H,2-3,18H2,1H3/b7-4+. The van der Waals surface area contributed by atoms with E-state index >= 15 is 0 Å². The maximum absolute atomic E-state index is 11.4. The van der Waals surface area contributed by atoms with Gasteiger partial charge in [0.05, 0.1) is 0 Å². The first-order valence-corrected chi connectivity index (χ1v) is 10.3. The zero-order valence-electron chi connectivity index (χ0n) is 18.3. The second kappa shape index (κ2) is 11.3. The van der Waals surface area contributed by atoms with Gasteiger partial charge in [0.1, 0.15) is 23.9 Å². The lowest BCUT2D eigenvalue weighted by molar-refractivity contribution is -0.129. The van der Waals surface area contributed by atoms with Crippen molar-refractivity contribution in [1.82, 2.24) is 0 Å². The molecule has 0 aromatic heterocycles. The molecule has 0 bridgehead atoms. The molecule has 0 amide bonds. The Hall–Kier alpha value is -4.38. The van der Waals surface area contributed by atoms with Gasteiger partial charge in [-0.1, -0.05) is 61.7 Å². The van der Waals surface area contributed by atoms with Gasteiger partial charge in [-0.3, -0.25) is 0 Å². The van der Waals surface area contributed by atoms with Gasteiger partial charge in [0.2, 0.25) is 0 Å². The molecule has 3 rings (SSSR count). The fourth-order valence-electron chi connectivity index (χ4n) is 3.03. The number of hydrogen-bond acceptors (Lipinski definition) is 5. The molecule has 0 radical (unpaired) electrons. The van der Waals surface area contributed by atoms with Crippen LogP contribution in [0.1, 0.15) is 6.92 Å². The summed E-state index contributed by atoms with van der Waals surface area (Å²) in [6.45, 7) is 9.16. The van der Waals surface area contributed by atoms with Crippen LogP contribution in [0.5, 0.6) is 17.2 Å². The third-order valence-electron chi connectivity index (χ3n) is 4.68. The minimum Gasteiger partial charge on any atom is -0.489 e. The van der Waals surface area contributed by atoms with Crippen LogP contribution < -0.4 is 14.2 Å². The molecular formula is C28H24O5. The van der Waals surface area contributed by atoms with Crippen LogP contribution in [-0.4, -0.2) is 18.5 Å². The zero-order valence-corrected chi connectivity index (χ0v) is 18.3. The van der Waals surface area contributed by atoms with E-state index in [0.29, 0.717) is 23.9 Å². The van der Waals surface area contributed by atoms with Gasteiger partial charge < -0.3 is 14.2 Å². The number of esters is 2. The van der Waals surface area contributed by atoms with E-state index in [9.17, 15) is 9.59 Å². The van der Waals surface area contributed by atoms with E-state index in [1.54, 1.807) is 24.3 Å². The summed E-state index contributed by atoms with van der Waals surface area (Å²) < 4.78 is 16.3. The maximum atomic E-state index is 11.4. The van der Waals surface area contributed by atoms with Gasteiger partial charge in [0.25, 0.3) is 0 Å². The first-order valence-electron chi connectivity index (χ1n) is 10.3. The lowest BCUT2D eigenvalue weighted by Crippen LogP contribution is -2.02. The number of carbonyl (C=O) groups is 2. The molecule has 0 aliphatic carbocycles. The molecule has 0 aliphatic heterocycles. The van der Waals surface area contributed by atoms with Crippen LogP contribution in [0.15, 0.2) is 104 Å². The fourth-order valence-corrected chi connectivity index (χ4v) is 3.03. The van der Waals surface area contributed by atoms with E-state index < -0.39 is 11.9 Å². The van der Waals surface area contributed by atoms with Gasteiger partial charge >= 0.3 is 11.9 Å². The van der Waals surface area contributed by atoms with E-state index in [-0.39, 0.29) is 0 Å². The summed E-state index contributed by atoms with van der Waals surface area (Å²) in [5.41, 5.74) is 3.72. The van der Waals surface area contributed by atoms with Crippen LogP contribution in [0.25, 0.3) is 22.3 Å². The van der Waals surface area contributed by atoms with Gasteiger partial charge in [0, 0.05) is 17.7 Å². The Morgan fingerprint density at radius 2 is 1.27 bits per heavy atom. The van der Waals surface area contributed by atoms with Gasteiger partial charge in [-0.05, 0) is 53.9 Å². The molecule has 0 saturated heterocycles. The molecule has 0 saturated carbocycles. The average Bonchev–Trinajstić information content (AvgIpc) is 2.85. The van der Waals surface area contributed by atoms with Crippen molar-refractivity contribution in [2.24, 2.45) is 0 Å². The summed E-state index contributed by atoms with van der Waals surface area (Å²) in [5.74, 6) is 0.587. The van der Waals surface area contributed by atoms with Crippen molar-refractivity contribution in [1.29, 1.82) is 0 Å². The quantitative estimate of drug-likeness (QED) is 0.173. The summed E-state index contributed by atoms with van der Waals surface area (Å²) in [7, 11) is 0. The van der Waals surface area contributed by atoms with Gasteiger partial charge in [0.15, 0.2) is 0 Å². The highest BCUT2D eigenvalue weighted by Crippen LogP contribution is 2.35. The normalized spacial score (nSPS) is 10.5. The molecule has 3 aromatic rings. The van der Waals surface area contributed by atoms with Crippen molar-refractivity contribution >= 4 is 11.9 Å². The predicted octanol–water partition coefficient (Wildman–Crippen LogP) is 6.16. The highest BCUT2D eigenvalue weighted by molar-refractivity contribution is 5.84. The van der Waals surface area contributed by atoms with Crippen molar-refractivity contribution in [3.63, 3.8) is 0 Å². The second-order valence-corrected chi connectivity index (χ2v) is 6.89. The average molecular weight is 440 g/mol. The Kier molecular flexibility index (Phi) is 7.97. The Balaban J connectivity index is 1.90. The number of ether oxygens (including phenoxy) is 3. The fraction of sp³-hybridized carbons (Fsp3) is 0.0714. The molecule has 33 heavy (non-hydrogen) atoms. The van der Waals surface area contributed by atoms with Crippen LogP contribution in [-0.2, 0) is 9.59 Å². The smallest absolute Gasteiger partial charge is 0.335 e. The van der Waals surface area contributed by atoms with E-state index in [1.807, 2.05) is 61.5 Å².